The molecule has 3 aromatic carbocycles. The number of fused-ring (bicyclic) bond motifs is 1. The average Bonchev–Trinajstić information content (AvgIpc) is 3.21. The fourth-order valence-corrected chi connectivity index (χ4v) is 3.61. The van der Waals surface area contributed by atoms with E-state index in [4.69, 9.17) is 23.2 Å². The quantitative estimate of drug-likeness (QED) is 0.327. The van der Waals surface area contributed by atoms with Crippen molar-refractivity contribution in [2.45, 2.75) is 6.92 Å². The number of carbonyl (C=O) groups is 1. The highest BCUT2D eigenvalue weighted by Gasteiger charge is 2.13. The lowest BCUT2D eigenvalue weighted by Crippen LogP contribution is -2.19. The summed E-state index contributed by atoms with van der Waals surface area (Å²) in [6, 6.07) is 20.8. The molecule has 1 amide bonds. The maximum atomic E-state index is 12.5. The van der Waals surface area contributed by atoms with E-state index in [1.165, 1.54) is 0 Å². The summed E-state index contributed by atoms with van der Waals surface area (Å²) in [6.07, 6.45) is 0. The number of aromatic nitrogens is 2. The Morgan fingerprint density at radius 3 is 2.66 bits per heavy atom. The molecular formula is C22H16Cl2N4O. The molecule has 1 aromatic heterocycles. The van der Waals surface area contributed by atoms with Crippen molar-refractivity contribution in [2.24, 2.45) is 5.10 Å². The van der Waals surface area contributed by atoms with Crippen LogP contribution in [-0.4, -0.2) is 21.8 Å². The second-order valence-corrected chi connectivity index (χ2v) is 7.30. The first-order valence-corrected chi connectivity index (χ1v) is 9.62. The van der Waals surface area contributed by atoms with Crippen LogP contribution in [0.15, 0.2) is 71.8 Å². The summed E-state index contributed by atoms with van der Waals surface area (Å²) in [6.45, 7) is 1.75. The predicted molar refractivity (Wildman–Crippen MR) is 118 cm³/mol. The normalized spacial score (nSPS) is 11.6. The summed E-state index contributed by atoms with van der Waals surface area (Å²) in [7, 11) is 0. The third kappa shape index (κ3) is 4.01. The molecule has 0 aliphatic heterocycles. The van der Waals surface area contributed by atoms with Gasteiger partial charge in [0.05, 0.1) is 16.4 Å². The molecule has 144 valence electrons. The highest BCUT2D eigenvalue weighted by Crippen LogP contribution is 2.27. The van der Waals surface area contributed by atoms with Crippen LogP contribution in [0.25, 0.3) is 22.0 Å². The molecule has 0 radical (unpaired) electrons. The summed E-state index contributed by atoms with van der Waals surface area (Å²) < 4.78 is 0. The third-order valence-electron chi connectivity index (χ3n) is 4.53. The maximum Gasteiger partial charge on any atom is 0.289 e. The summed E-state index contributed by atoms with van der Waals surface area (Å²) in [5, 5.41) is 14.4. The van der Waals surface area contributed by atoms with Crippen molar-refractivity contribution in [2.75, 3.05) is 0 Å². The molecule has 0 spiro atoms. The highest BCUT2D eigenvalue weighted by molar-refractivity contribution is 6.37. The third-order valence-corrected chi connectivity index (χ3v) is 5.08. The van der Waals surface area contributed by atoms with Gasteiger partial charge in [-0.1, -0.05) is 71.7 Å². The molecule has 4 aromatic rings. The molecular weight excluding hydrogens is 407 g/mol. The van der Waals surface area contributed by atoms with Gasteiger partial charge in [-0.2, -0.15) is 10.2 Å². The zero-order valence-electron chi connectivity index (χ0n) is 15.4. The van der Waals surface area contributed by atoms with Gasteiger partial charge in [-0.3, -0.25) is 9.89 Å². The number of H-pyrrole nitrogens is 1. The molecule has 7 heteroatoms. The molecule has 0 fully saturated rings. The lowest BCUT2D eigenvalue weighted by atomic mass is 10.0. The number of benzene rings is 3. The van der Waals surface area contributed by atoms with E-state index in [2.05, 4.69) is 20.7 Å². The van der Waals surface area contributed by atoms with Gasteiger partial charge in [-0.25, -0.2) is 5.43 Å². The number of hydrogen-bond acceptors (Lipinski definition) is 3. The molecule has 0 aliphatic rings. The van der Waals surface area contributed by atoms with Gasteiger partial charge in [0.25, 0.3) is 5.91 Å². The van der Waals surface area contributed by atoms with Gasteiger partial charge in [0.15, 0.2) is 0 Å². The van der Waals surface area contributed by atoms with Crippen molar-refractivity contribution < 1.29 is 4.79 Å². The second-order valence-electron chi connectivity index (χ2n) is 6.46. The van der Waals surface area contributed by atoms with Crippen LogP contribution in [0.2, 0.25) is 10.0 Å². The number of hydrogen-bond donors (Lipinski definition) is 2. The van der Waals surface area contributed by atoms with Gasteiger partial charge < -0.3 is 0 Å². The lowest BCUT2D eigenvalue weighted by Gasteiger charge is -2.04. The zero-order valence-corrected chi connectivity index (χ0v) is 16.9. The van der Waals surface area contributed by atoms with Crippen molar-refractivity contribution in [3.05, 3.63) is 88.0 Å². The number of rotatable bonds is 4. The summed E-state index contributed by atoms with van der Waals surface area (Å²) in [4.78, 5) is 12.5. The van der Waals surface area contributed by atoms with Crippen molar-refractivity contribution in [1.29, 1.82) is 0 Å². The zero-order chi connectivity index (χ0) is 20.4. The summed E-state index contributed by atoms with van der Waals surface area (Å²) in [5.74, 6) is -0.395. The number of halogens is 2. The van der Waals surface area contributed by atoms with E-state index in [0.29, 0.717) is 32.7 Å². The summed E-state index contributed by atoms with van der Waals surface area (Å²) in [5.41, 5.74) is 5.73. The first-order valence-electron chi connectivity index (χ1n) is 8.86. The Labute approximate surface area is 177 Å². The monoisotopic (exact) mass is 422 g/mol. The van der Waals surface area contributed by atoms with Gasteiger partial charge in [0.2, 0.25) is 0 Å². The van der Waals surface area contributed by atoms with Crippen molar-refractivity contribution in [1.82, 2.24) is 15.6 Å². The van der Waals surface area contributed by atoms with E-state index in [-0.39, 0.29) is 0 Å². The van der Waals surface area contributed by atoms with E-state index in [9.17, 15) is 4.79 Å². The fraction of sp³-hybridized carbons (Fsp3) is 0.0455. The molecule has 0 saturated heterocycles. The van der Waals surface area contributed by atoms with Gasteiger partial charge in [0, 0.05) is 16.1 Å². The Hall–Kier alpha value is -3.15. The number of hydrazone groups is 1. The Morgan fingerprint density at radius 2 is 1.83 bits per heavy atom. The first kappa shape index (κ1) is 19.2. The topological polar surface area (TPSA) is 70.1 Å². The Balaban J connectivity index is 1.56. The Morgan fingerprint density at radius 1 is 1.03 bits per heavy atom. The van der Waals surface area contributed by atoms with Crippen LogP contribution in [-0.2, 0) is 0 Å². The largest absolute Gasteiger partial charge is 0.289 e. The van der Waals surface area contributed by atoms with Crippen LogP contribution in [0.3, 0.4) is 0 Å². The molecule has 0 aliphatic carbocycles. The standard InChI is InChI=1S/C22H16Cl2N4O/c1-13(16-10-9-15(23)11-19(16)24)25-28-22(29)21-12-20(26-27-21)18-8-4-6-14-5-2-3-7-17(14)18/h2-12H,1H3,(H,26,27)(H,28,29). The molecule has 0 bridgehead atoms. The minimum absolute atomic E-state index is 0.312. The van der Waals surface area contributed by atoms with E-state index in [1.807, 2.05) is 42.5 Å². The van der Waals surface area contributed by atoms with E-state index >= 15 is 0 Å². The van der Waals surface area contributed by atoms with Crippen molar-refractivity contribution in [3.63, 3.8) is 0 Å². The van der Waals surface area contributed by atoms with E-state index in [0.717, 1.165) is 16.3 Å². The van der Waals surface area contributed by atoms with E-state index in [1.54, 1.807) is 31.2 Å². The second kappa shape index (κ2) is 8.07. The van der Waals surface area contributed by atoms with Gasteiger partial charge >= 0.3 is 0 Å². The van der Waals surface area contributed by atoms with Crippen LogP contribution < -0.4 is 5.43 Å². The van der Waals surface area contributed by atoms with Crippen molar-refractivity contribution >= 4 is 45.6 Å². The number of carbonyl (C=O) groups excluding carboxylic acids is 1. The lowest BCUT2D eigenvalue weighted by molar-refractivity contribution is 0.0950. The minimum atomic E-state index is -0.395. The van der Waals surface area contributed by atoms with Gasteiger partial charge in [0.1, 0.15) is 5.69 Å². The van der Waals surface area contributed by atoms with Crippen LogP contribution in [0.5, 0.6) is 0 Å². The van der Waals surface area contributed by atoms with Crippen molar-refractivity contribution in [3.8, 4) is 11.3 Å². The maximum absolute atomic E-state index is 12.5. The molecule has 29 heavy (non-hydrogen) atoms. The number of amides is 1. The van der Waals surface area contributed by atoms with E-state index < -0.39 is 5.91 Å². The smallest absolute Gasteiger partial charge is 0.272 e. The Kier molecular flexibility index (Phi) is 5.34. The molecule has 0 unspecified atom stereocenters. The molecule has 1 heterocycles. The first-order chi connectivity index (χ1) is 14.0. The SMILES string of the molecule is CC(=NNC(=O)c1cc(-c2cccc3ccccc23)n[nH]1)c1ccc(Cl)cc1Cl. The summed E-state index contributed by atoms with van der Waals surface area (Å²) >= 11 is 12.1. The molecule has 4 rings (SSSR count). The Bertz CT molecular complexity index is 1240. The van der Waals surface area contributed by atoms with Crippen LogP contribution in [0.4, 0.5) is 0 Å². The number of nitrogens with zero attached hydrogens (tertiary/aromatic N) is 2. The van der Waals surface area contributed by atoms with Crippen LogP contribution >= 0.6 is 23.2 Å². The molecule has 0 saturated carbocycles. The number of nitrogens with one attached hydrogen (secondary N) is 2. The van der Waals surface area contributed by atoms with Crippen LogP contribution in [0, 0.1) is 0 Å². The van der Waals surface area contributed by atoms with Gasteiger partial charge in [-0.05, 0) is 35.9 Å². The highest BCUT2D eigenvalue weighted by atomic mass is 35.5. The predicted octanol–water partition coefficient (Wildman–Crippen LogP) is 5.69. The molecule has 2 N–H and O–H groups in total. The van der Waals surface area contributed by atoms with Gasteiger partial charge in [-0.15, -0.1) is 0 Å². The number of aromatic amines is 1. The molecule has 5 nitrogen and oxygen atoms in total. The van der Waals surface area contributed by atoms with Crippen LogP contribution in [0.1, 0.15) is 23.0 Å². The molecule has 0 atom stereocenters. The average molecular weight is 423 g/mol. The minimum Gasteiger partial charge on any atom is -0.272 e. The fourth-order valence-electron chi connectivity index (χ4n) is 3.06.